The Morgan fingerprint density at radius 3 is 2.89 bits per heavy atom. The molecule has 1 atom stereocenters. The van der Waals surface area contributed by atoms with Gasteiger partial charge in [0.25, 0.3) is 0 Å². The van der Waals surface area contributed by atoms with Crippen LogP contribution in [-0.4, -0.2) is 38.1 Å². The minimum Gasteiger partial charge on any atom is -0.472 e. The molecule has 7 heteroatoms. The molecule has 1 saturated heterocycles. The second-order valence-electron chi connectivity index (χ2n) is 4.50. The lowest BCUT2D eigenvalue weighted by molar-refractivity contribution is -0.127. The van der Waals surface area contributed by atoms with E-state index in [9.17, 15) is 13.2 Å². The summed E-state index contributed by atoms with van der Waals surface area (Å²) in [4.78, 5) is 13.4. The summed E-state index contributed by atoms with van der Waals surface area (Å²) in [6, 6.07) is 1.85. The second-order valence-corrected chi connectivity index (χ2v) is 7.32. The van der Waals surface area contributed by atoms with Crippen LogP contribution in [0.5, 0.6) is 0 Å². The monoisotopic (exact) mass is 291 g/mol. The molecule has 1 amide bonds. The summed E-state index contributed by atoms with van der Waals surface area (Å²) in [5, 5.41) is 0. The van der Waals surface area contributed by atoms with Crippen LogP contribution in [0.1, 0.15) is 12.0 Å². The van der Waals surface area contributed by atoms with E-state index in [1.165, 1.54) is 0 Å². The number of nitrogens with zero attached hydrogens (tertiary/aromatic N) is 1. The first-order chi connectivity index (χ1) is 8.44. The normalized spacial score (nSPS) is 20.6. The standard InChI is InChI=1S/C11H14ClNO4S/c12-18(15,16)8-10-5-11(14)13(6-10)3-1-9-2-4-17-7-9/h2,4,7,10H,1,3,5-6,8H2. The summed E-state index contributed by atoms with van der Waals surface area (Å²) in [7, 11) is 1.66. The van der Waals surface area contributed by atoms with Gasteiger partial charge in [0.05, 0.1) is 18.3 Å². The molecule has 1 aliphatic rings. The van der Waals surface area contributed by atoms with Crippen LogP contribution < -0.4 is 0 Å². The van der Waals surface area contributed by atoms with Crippen molar-refractivity contribution < 1.29 is 17.6 Å². The van der Waals surface area contributed by atoms with Crippen molar-refractivity contribution in [1.29, 1.82) is 0 Å². The van der Waals surface area contributed by atoms with E-state index < -0.39 is 9.05 Å². The van der Waals surface area contributed by atoms with E-state index in [1.807, 2.05) is 6.07 Å². The molecule has 0 aromatic carbocycles. The van der Waals surface area contributed by atoms with Gasteiger partial charge in [-0.1, -0.05) is 0 Å². The zero-order valence-corrected chi connectivity index (χ0v) is 11.3. The molecule has 2 heterocycles. The summed E-state index contributed by atoms with van der Waals surface area (Å²) in [6.45, 7) is 1.04. The third-order valence-corrected chi connectivity index (χ3v) is 4.23. The van der Waals surface area contributed by atoms with Gasteiger partial charge < -0.3 is 9.32 Å². The Labute approximate surface area is 110 Å². The van der Waals surface area contributed by atoms with Gasteiger partial charge in [0.2, 0.25) is 15.0 Å². The Kier molecular flexibility index (Phi) is 3.97. The lowest BCUT2D eigenvalue weighted by Crippen LogP contribution is -2.28. The SMILES string of the molecule is O=C1CC(CS(=O)(=O)Cl)CN1CCc1ccoc1. The molecule has 1 fully saturated rings. The maximum atomic E-state index is 11.7. The number of hydrogen-bond donors (Lipinski definition) is 0. The molecule has 0 bridgehead atoms. The Bertz CT molecular complexity index is 511. The van der Waals surface area contributed by atoms with E-state index in [-0.39, 0.29) is 24.0 Å². The highest BCUT2D eigenvalue weighted by molar-refractivity contribution is 8.13. The number of carbonyl (C=O) groups excluding carboxylic acids is 1. The van der Waals surface area contributed by atoms with Crippen LogP contribution in [0.4, 0.5) is 0 Å². The smallest absolute Gasteiger partial charge is 0.232 e. The van der Waals surface area contributed by atoms with E-state index >= 15 is 0 Å². The van der Waals surface area contributed by atoms with Gasteiger partial charge in [-0.2, -0.15) is 0 Å². The zero-order valence-electron chi connectivity index (χ0n) is 9.71. The van der Waals surface area contributed by atoms with Crippen LogP contribution in [0.2, 0.25) is 0 Å². The molecule has 1 aromatic heterocycles. The first-order valence-corrected chi connectivity index (χ1v) is 8.13. The van der Waals surface area contributed by atoms with Crippen LogP contribution in [-0.2, 0) is 20.3 Å². The highest BCUT2D eigenvalue weighted by atomic mass is 35.7. The van der Waals surface area contributed by atoms with Crippen molar-refractivity contribution in [3.05, 3.63) is 24.2 Å². The highest BCUT2D eigenvalue weighted by Gasteiger charge is 2.31. The zero-order chi connectivity index (χ0) is 13.2. The quantitative estimate of drug-likeness (QED) is 0.766. The predicted octanol–water partition coefficient (Wildman–Crippen LogP) is 1.24. The summed E-state index contributed by atoms with van der Waals surface area (Å²) in [5.74, 6) is -0.337. The molecule has 1 aromatic rings. The van der Waals surface area contributed by atoms with Crippen molar-refractivity contribution >= 4 is 25.6 Å². The van der Waals surface area contributed by atoms with Gasteiger partial charge >= 0.3 is 0 Å². The molecule has 1 aliphatic heterocycles. The Hall–Kier alpha value is -1.01. The molecule has 100 valence electrons. The first-order valence-electron chi connectivity index (χ1n) is 5.65. The molecule has 5 nitrogen and oxygen atoms in total. The largest absolute Gasteiger partial charge is 0.472 e. The summed E-state index contributed by atoms with van der Waals surface area (Å²) < 4.78 is 26.9. The van der Waals surface area contributed by atoms with Crippen LogP contribution in [0, 0.1) is 5.92 Å². The fraction of sp³-hybridized carbons (Fsp3) is 0.545. The van der Waals surface area contributed by atoms with Crippen LogP contribution in [0.25, 0.3) is 0 Å². The lowest BCUT2D eigenvalue weighted by atomic mass is 10.1. The van der Waals surface area contributed by atoms with Gasteiger partial charge in [0.1, 0.15) is 0 Å². The average Bonchev–Trinajstić information content (AvgIpc) is 2.83. The van der Waals surface area contributed by atoms with Gasteiger partial charge in [-0.3, -0.25) is 4.79 Å². The highest BCUT2D eigenvalue weighted by Crippen LogP contribution is 2.21. The number of furan rings is 1. The van der Waals surface area contributed by atoms with Crippen molar-refractivity contribution in [3.8, 4) is 0 Å². The summed E-state index contributed by atoms with van der Waals surface area (Å²) in [6.07, 6.45) is 4.20. The maximum Gasteiger partial charge on any atom is 0.232 e. The summed E-state index contributed by atoms with van der Waals surface area (Å²) >= 11 is 0. The van der Waals surface area contributed by atoms with Gasteiger partial charge in [0, 0.05) is 36.1 Å². The molecule has 0 aliphatic carbocycles. The van der Waals surface area contributed by atoms with Crippen molar-refractivity contribution in [2.24, 2.45) is 5.92 Å². The fourth-order valence-electron chi connectivity index (χ4n) is 2.16. The van der Waals surface area contributed by atoms with Crippen LogP contribution >= 0.6 is 10.7 Å². The molecule has 1 unspecified atom stereocenters. The average molecular weight is 292 g/mol. The number of carbonyl (C=O) groups is 1. The topological polar surface area (TPSA) is 67.6 Å². The molecule has 0 radical (unpaired) electrons. The molecular formula is C11H14ClNO4S. The van der Waals surface area contributed by atoms with Crippen LogP contribution in [0.15, 0.2) is 23.0 Å². The van der Waals surface area contributed by atoms with E-state index in [1.54, 1.807) is 17.4 Å². The van der Waals surface area contributed by atoms with Gasteiger partial charge in [0.15, 0.2) is 0 Å². The Morgan fingerprint density at radius 2 is 2.28 bits per heavy atom. The van der Waals surface area contributed by atoms with E-state index in [0.717, 1.165) is 5.56 Å². The fourth-order valence-corrected chi connectivity index (χ4v) is 3.48. The van der Waals surface area contributed by atoms with Crippen molar-refractivity contribution in [1.82, 2.24) is 4.90 Å². The van der Waals surface area contributed by atoms with E-state index in [0.29, 0.717) is 19.5 Å². The first kappa shape index (κ1) is 13.4. The second kappa shape index (κ2) is 5.32. The Balaban J connectivity index is 1.86. The molecule has 0 spiro atoms. The molecule has 0 N–H and O–H groups in total. The Morgan fingerprint density at radius 1 is 1.50 bits per heavy atom. The van der Waals surface area contributed by atoms with Crippen LogP contribution in [0.3, 0.4) is 0 Å². The number of rotatable bonds is 5. The van der Waals surface area contributed by atoms with Crippen molar-refractivity contribution in [2.45, 2.75) is 12.8 Å². The maximum absolute atomic E-state index is 11.7. The number of halogens is 1. The van der Waals surface area contributed by atoms with Crippen molar-refractivity contribution in [2.75, 3.05) is 18.8 Å². The van der Waals surface area contributed by atoms with E-state index in [4.69, 9.17) is 15.1 Å². The van der Waals surface area contributed by atoms with E-state index in [2.05, 4.69) is 0 Å². The van der Waals surface area contributed by atoms with Gasteiger partial charge in [-0.25, -0.2) is 8.42 Å². The minimum atomic E-state index is -3.53. The third kappa shape index (κ3) is 3.74. The molecule has 18 heavy (non-hydrogen) atoms. The lowest BCUT2D eigenvalue weighted by Gasteiger charge is -2.15. The number of hydrogen-bond acceptors (Lipinski definition) is 4. The van der Waals surface area contributed by atoms with Gasteiger partial charge in [-0.05, 0) is 18.1 Å². The molecule has 0 saturated carbocycles. The van der Waals surface area contributed by atoms with Crippen molar-refractivity contribution in [3.63, 3.8) is 0 Å². The summed E-state index contributed by atoms with van der Waals surface area (Å²) in [5.41, 5.74) is 1.02. The number of amides is 1. The molecule has 2 rings (SSSR count). The predicted molar refractivity (Wildman–Crippen MR) is 66.7 cm³/mol. The van der Waals surface area contributed by atoms with Gasteiger partial charge in [-0.15, -0.1) is 0 Å². The third-order valence-electron chi connectivity index (χ3n) is 2.98. The minimum absolute atomic E-state index is 0.0104. The molecular weight excluding hydrogens is 278 g/mol. The number of likely N-dealkylation sites (tertiary alicyclic amines) is 1.